The van der Waals surface area contributed by atoms with Gasteiger partial charge in [-0.3, -0.25) is 0 Å². The van der Waals surface area contributed by atoms with Gasteiger partial charge in [0.05, 0.1) is 0 Å². The molecule has 0 unspecified atom stereocenters. The molecule has 0 amide bonds. The van der Waals surface area contributed by atoms with Gasteiger partial charge in [0, 0.05) is 11.1 Å². The van der Waals surface area contributed by atoms with Crippen molar-refractivity contribution in [3.63, 3.8) is 0 Å². The molecule has 6 rings (SSSR count). The number of rotatable bonds is 17. The van der Waals surface area contributed by atoms with Crippen molar-refractivity contribution in [3.05, 3.63) is 124 Å². The summed E-state index contributed by atoms with van der Waals surface area (Å²) in [6.07, 6.45) is 12.4. The van der Waals surface area contributed by atoms with Crippen LogP contribution >= 0.6 is 8.60 Å². The first-order valence-corrected chi connectivity index (χ1v) is 21.8. The Morgan fingerprint density at radius 1 is 0.444 bits per heavy atom. The smallest absolute Gasteiger partial charge is 0.391 e. The van der Waals surface area contributed by atoms with Crippen molar-refractivity contribution in [1.82, 2.24) is 0 Å². The largest absolute Gasteiger partial charge is 0.426 e. The highest BCUT2D eigenvalue weighted by molar-refractivity contribution is 7.39. The normalized spacial score (nSPS) is 11.6. The van der Waals surface area contributed by atoms with Gasteiger partial charge in [0.15, 0.2) is 0 Å². The van der Waals surface area contributed by atoms with Gasteiger partial charge in [0.2, 0.25) is 0 Å². The van der Waals surface area contributed by atoms with E-state index >= 15 is 0 Å². The molecule has 0 aliphatic carbocycles. The van der Waals surface area contributed by atoms with Gasteiger partial charge in [-0.15, -0.1) is 0 Å². The third-order valence-electron chi connectivity index (χ3n) is 10.8. The molecule has 3 nitrogen and oxygen atoms in total. The molecular formula is C50H59O3P. The number of aryl methyl sites for hydroxylation is 6. The monoisotopic (exact) mass is 738 g/mol. The van der Waals surface area contributed by atoms with Crippen LogP contribution in [0.3, 0.4) is 0 Å². The van der Waals surface area contributed by atoms with E-state index in [0.29, 0.717) is 5.75 Å². The summed E-state index contributed by atoms with van der Waals surface area (Å²) < 4.78 is 6.09. The molecule has 6 aromatic rings. The molecule has 0 heterocycles. The van der Waals surface area contributed by atoms with Crippen molar-refractivity contribution in [3.8, 4) is 39.1 Å². The lowest BCUT2D eigenvalue weighted by Gasteiger charge is -2.25. The van der Waals surface area contributed by atoms with Crippen LogP contribution in [0.4, 0.5) is 0 Å². The van der Waals surface area contributed by atoms with Crippen LogP contribution in [0.25, 0.3) is 54.9 Å². The first-order chi connectivity index (χ1) is 26.3. The van der Waals surface area contributed by atoms with E-state index in [9.17, 15) is 9.79 Å². The average Bonchev–Trinajstić information content (AvgIpc) is 3.15. The van der Waals surface area contributed by atoms with Gasteiger partial charge in [0.1, 0.15) is 5.75 Å². The van der Waals surface area contributed by atoms with E-state index in [-0.39, 0.29) is 0 Å². The summed E-state index contributed by atoms with van der Waals surface area (Å²) in [5.41, 5.74) is 14.7. The minimum atomic E-state index is -2.66. The fraction of sp³-hybridized carbons (Fsp3) is 0.360. The van der Waals surface area contributed by atoms with Crippen LogP contribution in [0.5, 0.6) is 5.75 Å². The van der Waals surface area contributed by atoms with E-state index in [1.807, 2.05) is 6.07 Å². The Morgan fingerprint density at radius 2 is 0.907 bits per heavy atom. The first kappa shape index (κ1) is 39.7. The third-order valence-corrected chi connectivity index (χ3v) is 11.1. The Kier molecular flexibility index (Phi) is 13.6. The lowest BCUT2D eigenvalue weighted by molar-refractivity contribution is 0.375. The zero-order chi connectivity index (χ0) is 38.2. The van der Waals surface area contributed by atoms with Gasteiger partial charge >= 0.3 is 8.60 Å². The van der Waals surface area contributed by atoms with E-state index in [4.69, 9.17) is 4.52 Å². The molecular weight excluding hydrogens is 680 g/mol. The molecule has 6 aromatic carbocycles. The molecule has 0 aromatic heterocycles. The molecule has 0 bridgehead atoms. The highest BCUT2D eigenvalue weighted by Crippen LogP contribution is 2.51. The molecule has 0 radical (unpaired) electrons. The van der Waals surface area contributed by atoms with E-state index in [1.54, 1.807) is 0 Å². The Hall–Kier alpha value is -4.01. The molecule has 4 heteroatoms. The maximum Gasteiger partial charge on any atom is 0.391 e. The minimum absolute atomic E-state index is 0.506. The minimum Gasteiger partial charge on any atom is -0.426 e. The quantitative estimate of drug-likeness (QED) is 0.0916. The molecule has 0 aliphatic heterocycles. The Labute approximate surface area is 325 Å². The van der Waals surface area contributed by atoms with Crippen LogP contribution in [0, 0.1) is 0 Å². The predicted octanol–water partition coefficient (Wildman–Crippen LogP) is 14.3. The van der Waals surface area contributed by atoms with Crippen molar-refractivity contribution in [2.45, 2.75) is 119 Å². The van der Waals surface area contributed by atoms with Crippen molar-refractivity contribution in [1.29, 1.82) is 0 Å². The first-order valence-electron chi connectivity index (χ1n) is 20.6. The van der Waals surface area contributed by atoms with Crippen molar-refractivity contribution < 1.29 is 14.3 Å². The van der Waals surface area contributed by atoms with Gasteiger partial charge < -0.3 is 14.3 Å². The number of fused-ring (bicyclic) bond motifs is 2. The average molecular weight is 739 g/mol. The maximum absolute atomic E-state index is 10.5. The van der Waals surface area contributed by atoms with Gasteiger partial charge in [-0.2, -0.15) is 0 Å². The molecule has 0 atom stereocenters. The second-order valence-corrected chi connectivity index (χ2v) is 15.7. The highest BCUT2D eigenvalue weighted by atomic mass is 31.2. The topological polar surface area (TPSA) is 49.7 Å². The fourth-order valence-corrected chi connectivity index (χ4v) is 8.93. The summed E-state index contributed by atoms with van der Waals surface area (Å²) >= 11 is 0. The number of hydrogen-bond donors (Lipinski definition) is 2. The van der Waals surface area contributed by atoms with E-state index in [1.165, 1.54) is 60.5 Å². The zero-order valence-electron chi connectivity index (χ0n) is 33.4. The van der Waals surface area contributed by atoms with E-state index in [2.05, 4.69) is 126 Å². The van der Waals surface area contributed by atoms with E-state index < -0.39 is 8.60 Å². The predicted molar refractivity (Wildman–Crippen MR) is 234 cm³/mol. The zero-order valence-corrected chi connectivity index (χ0v) is 34.3. The van der Waals surface area contributed by atoms with E-state index in [0.717, 1.165) is 105 Å². The Bertz CT molecular complexity index is 2200. The van der Waals surface area contributed by atoms with Gasteiger partial charge in [-0.1, -0.05) is 153 Å². The van der Waals surface area contributed by atoms with Crippen molar-refractivity contribution in [2.24, 2.45) is 0 Å². The molecule has 0 spiro atoms. The molecule has 54 heavy (non-hydrogen) atoms. The number of hydrogen-bond acceptors (Lipinski definition) is 3. The summed E-state index contributed by atoms with van der Waals surface area (Å²) in [7, 11) is -2.66. The molecule has 0 saturated carbocycles. The Morgan fingerprint density at radius 3 is 1.37 bits per heavy atom. The van der Waals surface area contributed by atoms with Crippen LogP contribution in [-0.2, 0) is 38.5 Å². The number of benzene rings is 6. The van der Waals surface area contributed by atoms with Crippen LogP contribution in [0.15, 0.2) is 91.0 Å². The van der Waals surface area contributed by atoms with Crippen LogP contribution in [-0.4, -0.2) is 9.79 Å². The van der Waals surface area contributed by atoms with Crippen LogP contribution < -0.4 is 4.52 Å². The lowest BCUT2D eigenvalue weighted by atomic mass is 9.80. The summed E-state index contributed by atoms with van der Waals surface area (Å²) in [6, 6.07) is 34.1. The summed E-state index contributed by atoms with van der Waals surface area (Å²) in [5, 5.41) is 5.17. The summed E-state index contributed by atoms with van der Waals surface area (Å²) in [5.74, 6) is 0.506. The summed E-state index contributed by atoms with van der Waals surface area (Å²) in [6.45, 7) is 13.6. The van der Waals surface area contributed by atoms with Crippen molar-refractivity contribution in [2.75, 3.05) is 0 Å². The molecule has 0 saturated heterocycles. The molecule has 282 valence electrons. The molecule has 2 N–H and O–H groups in total. The van der Waals surface area contributed by atoms with Gasteiger partial charge in [-0.05, 0) is 134 Å². The van der Waals surface area contributed by atoms with Gasteiger partial charge in [-0.25, -0.2) is 0 Å². The Balaban J connectivity index is 1.80. The van der Waals surface area contributed by atoms with Crippen LogP contribution in [0.1, 0.15) is 113 Å². The highest BCUT2D eigenvalue weighted by Gasteiger charge is 2.26. The second kappa shape index (κ2) is 18.5. The lowest BCUT2D eigenvalue weighted by Crippen LogP contribution is -2.02. The molecule has 0 aliphatic rings. The van der Waals surface area contributed by atoms with Crippen LogP contribution in [0.2, 0.25) is 0 Å². The van der Waals surface area contributed by atoms with Gasteiger partial charge in [0.25, 0.3) is 0 Å². The standard InChI is InChI=1S/C50H59O3P/c1-7-16-34-26-37(18-9-3)44-32-46(39(20-11-5)30-41(44)28-34)49-43(36-22-14-13-15-23-36)24-25-48(53-54(51)52)50(49)47-33-45-38(19-10-4)27-35(17-8-2)29-42(45)31-40(47)21-12-6/h13-15,22-33,51-52H,7-12,16-21H2,1-6H3. The third kappa shape index (κ3) is 8.60. The fourth-order valence-electron chi connectivity index (χ4n) is 8.60. The SMILES string of the molecule is CCCc1cc(CCC)c2cc(-c3c(OP(O)O)ccc(-c4ccccc4)c3-c3cc4c(CCC)cc(CCC)cc4cc3CCC)c(CCC)cc2c1. The maximum atomic E-state index is 10.5. The van der Waals surface area contributed by atoms with Crippen molar-refractivity contribution >= 4 is 30.1 Å². The molecule has 0 fully saturated rings. The second-order valence-electron chi connectivity index (χ2n) is 15.0. The summed E-state index contributed by atoms with van der Waals surface area (Å²) in [4.78, 5) is 21.0.